The third-order valence-electron chi connectivity index (χ3n) is 4.80. The zero-order valence-electron chi connectivity index (χ0n) is 14.5. The summed E-state index contributed by atoms with van der Waals surface area (Å²) in [7, 11) is 0. The van der Waals surface area contributed by atoms with Gasteiger partial charge >= 0.3 is 5.97 Å². The number of carbonyl (C=O) groups is 1. The smallest absolute Gasteiger partial charge is 0.307 e. The van der Waals surface area contributed by atoms with E-state index in [9.17, 15) is 9.90 Å². The largest absolute Gasteiger partial charge is 0.481 e. The lowest BCUT2D eigenvalue weighted by Crippen LogP contribution is -2.43. The molecular formula is C18H25N5O2. The van der Waals surface area contributed by atoms with Crippen LogP contribution in [0.5, 0.6) is 0 Å². The lowest BCUT2D eigenvalue weighted by Gasteiger charge is -2.26. The van der Waals surface area contributed by atoms with E-state index in [1.807, 2.05) is 13.8 Å². The molecule has 0 saturated heterocycles. The number of nitrogens with zero attached hydrogens (tertiary/aromatic N) is 1. The fraction of sp³-hybridized carbons (Fsp3) is 0.444. The lowest BCUT2D eigenvalue weighted by molar-refractivity contribution is -0.144. The SMILES string of the molecule is CC(C)[C@H](C(=O)O)[C@H](Cc1ccc(C2=CCNC2)cc1)C1=NNNN1. The van der Waals surface area contributed by atoms with E-state index in [0.717, 1.165) is 18.7 Å². The Kier molecular flexibility index (Phi) is 5.35. The number of hydrogen-bond donors (Lipinski definition) is 5. The second kappa shape index (κ2) is 7.67. The molecule has 0 spiro atoms. The third-order valence-corrected chi connectivity index (χ3v) is 4.80. The molecule has 2 aliphatic heterocycles. The molecule has 0 bridgehead atoms. The maximum Gasteiger partial charge on any atom is 0.307 e. The Morgan fingerprint density at radius 2 is 2.04 bits per heavy atom. The molecule has 3 rings (SSSR count). The fourth-order valence-electron chi connectivity index (χ4n) is 3.50. The Morgan fingerprint density at radius 1 is 1.28 bits per heavy atom. The van der Waals surface area contributed by atoms with Gasteiger partial charge in [-0.2, -0.15) is 0 Å². The monoisotopic (exact) mass is 343 g/mol. The molecule has 1 aromatic carbocycles. The summed E-state index contributed by atoms with van der Waals surface area (Å²) in [5.74, 6) is -0.919. The van der Waals surface area contributed by atoms with E-state index >= 15 is 0 Å². The molecular weight excluding hydrogens is 318 g/mol. The minimum Gasteiger partial charge on any atom is -0.481 e. The maximum absolute atomic E-state index is 11.8. The molecule has 0 saturated carbocycles. The molecule has 0 aliphatic carbocycles. The van der Waals surface area contributed by atoms with Crippen molar-refractivity contribution in [1.29, 1.82) is 0 Å². The number of benzene rings is 1. The van der Waals surface area contributed by atoms with Crippen molar-refractivity contribution >= 4 is 17.4 Å². The highest BCUT2D eigenvalue weighted by molar-refractivity contribution is 5.89. The summed E-state index contributed by atoms with van der Waals surface area (Å²) in [4.78, 5) is 11.8. The zero-order chi connectivity index (χ0) is 17.8. The van der Waals surface area contributed by atoms with Crippen LogP contribution in [0.25, 0.3) is 5.57 Å². The predicted molar refractivity (Wildman–Crippen MR) is 97.3 cm³/mol. The summed E-state index contributed by atoms with van der Waals surface area (Å²) < 4.78 is 0. The normalized spacial score (nSPS) is 19.0. The number of carboxylic acid groups (broad SMARTS) is 1. The highest BCUT2D eigenvalue weighted by atomic mass is 16.4. The van der Waals surface area contributed by atoms with E-state index in [-0.39, 0.29) is 11.8 Å². The quantitative estimate of drug-likeness (QED) is 0.509. The van der Waals surface area contributed by atoms with E-state index in [4.69, 9.17) is 0 Å². The van der Waals surface area contributed by atoms with Gasteiger partial charge in [-0.05, 0) is 29.0 Å². The number of hydrazone groups is 1. The Hall–Kier alpha value is -2.38. The van der Waals surface area contributed by atoms with Gasteiger partial charge in [0.15, 0.2) is 0 Å². The predicted octanol–water partition coefficient (Wildman–Crippen LogP) is 1.11. The van der Waals surface area contributed by atoms with Gasteiger partial charge in [0.05, 0.1) is 5.92 Å². The molecule has 0 unspecified atom stereocenters. The number of carboxylic acids is 1. The Labute approximate surface area is 147 Å². The Morgan fingerprint density at radius 3 is 2.56 bits per heavy atom. The first-order chi connectivity index (χ1) is 12.1. The van der Waals surface area contributed by atoms with E-state index in [1.165, 1.54) is 11.1 Å². The number of hydrogen-bond acceptors (Lipinski definition) is 6. The summed E-state index contributed by atoms with van der Waals surface area (Å²) in [6, 6.07) is 8.38. The lowest BCUT2D eigenvalue weighted by atomic mass is 9.79. The van der Waals surface area contributed by atoms with Gasteiger partial charge in [-0.3, -0.25) is 10.2 Å². The minimum atomic E-state index is -0.796. The van der Waals surface area contributed by atoms with Gasteiger partial charge in [0, 0.05) is 19.0 Å². The average molecular weight is 343 g/mol. The fourth-order valence-corrected chi connectivity index (χ4v) is 3.50. The van der Waals surface area contributed by atoms with Crippen molar-refractivity contribution in [3.8, 4) is 0 Å². The van der Waals surface area contributed by atoms with Gasteiger partial charge in [-0.1, -0.05) is 44.2 Å². The second-order valence-corrected chi connectivity index (χ2v) is 6.83. The standard InChI is InChI=1S/C18H25N5O2/c1-11(2)16(18(24)25)15(17-20-22-23-21-17)9-12-3-5-13(6-4-12)14-7-8-19-10-14/h3-7,11,15-16,19,22-23H,8-10H2,1-2H3,(H,20,21)(H,24,25)/t15-,16-/m0/s1. The van der Waals surface area contributed by atoms with Gasteiger partial charge < -0.3 is 10.4 Å². The van der Waals surface area contributed by atoms with Crippen LogP contribution in [0, 0.1) is 17.8 Å². The van der Waals surface area contributed by atoms with Crippen molar-refractivity contribution in [3.63, 3.8) is 0 Å². The average Bonchev–Trinajstić information content (AvgIpc) is 3.28. The highest BCUT2D eigenvalue weighted by Crippen LogP contribution is 2.27. The van der Waals surface area contributed by atoms with Crippen molar-refractivity contribution in [2.75, 3.05) is 13.1 Å². The van der Waals surface area contributed by atoms with Crippen LogP contribution in [0.4, 0.5) is 0 Å². The highest BCUT2D eigenvalue weighted by Gasteiger charge is 2.35. The molecule has 0 aromatic heterocycles. The van der Waals surface area contributed by atoms with Crippen LogP contribution in [-0.4, -0.2) is 30.0 Å². The van der Waals surface area contributed by atoms with Gasteiger partial charge in [-0.15, -0.1) is 10.6 Å². The summed E-state index contributed by atoms with van der Waals surface area (Å²) in [5, 5.41) is 17.2. The molecule has 7 nitrogen and oxygen atoms in total. The van der Waals surface area contributed by atoms with Crippen LogP contribution < -0.4 is 21.8 Å². The van der Waals surface area contributed by atoms with Crippen LogP contribution in [-0.2, 0) is 11.2 Å². The van der Waals surface area contributed by atoms with Crippen LogP contribution >= 0.6 is 0 Å². The van der Waals surface area contributed by atoms with Crippen molar-refractivity contribution in [2.45, 2.75) is 20.3 Å². The number of aliphatic carboxylic acids is 1. The third kappa shape index (κ3) is 4.00. The number of nitrogens with one attached hydrogen (secondary N) is 4. The molecule has 1 aromatic rings. The molecule has 2 heterocycles. The van der Waals surface area contributed by atoms with Gasteiger partial charge in [0.25, 0.3) is 0 Å². The molecule has 134 valence electrons. The van der Waals surface area contributed by atoms with Gasteiger partial charge in [0.2, 0.25) is 0 Å². The zero-order valence-corrected chi connectivity index (χ0v) is 14.5. The first kappa shape index (κ1) is 17.4. The van der Waals surface area contributed by atoms with Crippen molar-refractivity contribution < 1.29 is 9.90 Å². The van der Waals surface area contributed by atoms with E-state index < -0.39 is 11.9 Å². The number of hydrazine groups is 2. The molecule has 2 aliphatic rings. The molecule has 2 atom stereocenters. The minimum absolute atomic E-state index is 0.00147. The molecule has 0 radical (unpaired) electrons. The van der Waals surface area contributed by atoms with Crippen LogP contribution in [0.3, 0.4) is 0 Å². The molecule has 0 fully saturated rings. The van der Waals surface area contributed by atoms with E-state index in [0.29, 0.717) is 12.3 Å². The summed E-state index contributed by atoms with van der Waals surface area (Å²) in [5.41, 5.74) is 11.9. The van der Waals surface area contributed by atoms with Crippen LogP contribution in [0.1, 0.15) is 25.0 Å². The molecule has 25 heavy (non-hydrogen) atoms. The van der Waals surface area contributed by atoms with Gasteiger partial charge in [0.1, 0.15) is 5.84 Å². The summed E-state index contributed by atoms with van der Waals surface area (Å²) in [6.45, 7) is 5.68. The Balaban J connectivity index is 1.81. The van der Waals surface area contributed by atoms with Crippen molar-refractivity contribution in [3.05, 3.63) is 41.5 Å². The Bertz CT molecular complexity index is 681. The van der Waals surface area contributed by atoms with Gasteiger partial charge in [-0.25, -0.2) is 5.53 Å². The number of rotatable bonds is 7. The van der Waals surface area contributed by atoms with Crippen LogP contribution in [0.15, 0.2) is 35.4 Å². The molecule has 7 heteroatoms. The molecule has 5 N–H and O–H groups in total. The van der Waals surface area contributed by atoms with E-state index in [1.54, 1.807) is 0 Å². The van der Waals surface area contributed by atoms with E-state index in [2.05, 4.69) is 57.3 Å². The van der Waals surface area contributed by atoms with Crippen molar-refractivity contribution in [2.24, 2.45) is 22.9 Å². The maximum atomic E-state index is 11.8. The molecule has 0 amide bonds. The van der Waals surface area contributed by atoms with Crippen LogP contribution in [0.2, 0.25) is 0 Å². The van der Waals surface area contributed by atoms with Crippen molar-refractivity contribution in [1.82, 2.24) is 21.8 Å². The number of amidine groups is 1. The second-order valence-electron chi connectivity index (χ2n) is 6.83. The topological polar surface area (TPSA) is 97.8 Å². The first-order valence-electron chi connectivity index (χ1n) is 8.61. The summed E-state index contributed by atoms with van der Waals surface area (Å²) >= 11 is 0. The summed E-state index contributed by atoms with van der Waals surface area (Å²) in [6.07, 6.45) is 2.81. The first-order valence-corrected chi connectivity index (χ1v) is 8.61.